The molecule has 1 rings (SSSR count). The van der Waals surface area contributed by atoms with Gasteiger partial charge in [0.1, 0.15) is 0 Å². The van der Waals surface area contributed by atoms with Gasteiger partial charge in [-0.15, -0.1) is 0 Å². The smallest absolute Gasteiger partial charge is 0.234 e. The molecule has 0 aliphatic heterocycles. The first-order valence-corrected chi connectivity index (χ1v) is 5.59. The van der Waals surface area contributed by atoms with E-state index in [9.17, 15) is 4.79 Å². The fourth-order valence-corrected chi connectivity index (χ4v) is 1.38. The quantitative estimate of drug-likeness (QED) is 0.383. The highest BCUT2D eigenvalue weighted by Crippen LogP contribution is 2.02. The molecule has 16 heavy (non-hydrogen) atoms. The number of hydrogen-bond donors (Lipinski definition) is 0. The second-order valence-corrected chi connectivity index (χ2v) is 3.57. The summed E-state index contributed by atoms with van der Waals surface area (Å²) in [5.74, 6) is 0. The molecule has 3 nitrogen and oxygen atoms in total. The van der Waals surface area contributed by atoms with E-state index < -0.39 is 0 Å². The van der Waals surface area contributed by atoms with Crippen molar-refractivity contribution in [2.75, 3.05) is 13.2 Å². The van der Waals surface area contributed by atoms with Gasteiger partial charge in [0, 0.05) is 6.61 Å². The number of isocyanates is 1. The van der Waals surface area contributed by atoms with Gasteiger partial charge >= 0.3 is 0 Å². The molecule has 86 valence electrons. The van der Waals surface area contributed by atoms with E-state index in [1.54, 1.807) is 0 Å². The van der Waals surface area contributed by atoms with Crippen LogP contribution in [0.5, 0.6) is 0 Å². The topological polar surface area (TPSA) is 38.7 Å². The molecule has 0 saturated heterocycles. The Labute approximate surface area is 96.2 Å². The zero-order valence-corrected chi connectivity index (χ0v) is 9.39. The number of hydrogen-bond acceptors (Lipinski definition) is 3. The maximum Gasteiger partial charge on any atom is 0.234 e. The maximum absolute atomic E-state index is 9.78. The second kappa shape index (κ2) is 8.84. The van der Waals surface area contributed by atoms with Crippen molar-refractivity contribution in [2.24, 2.45) is 4.99 Å². The molecule has 0 unspecified atom stereocenters. The molecule has 0 radical (unpaired) electrons. The fraction of sp³-hybridized carbons (Fsp3) is 0.462. The first-order valence-electron chi connectivity index (χ1n) is 5.59. The third-order valence-corrected chi connectivity index (χ3v) is 2.23. The van der Waals surface area contributed by atoms with Crippen molar-refractivity contribution in [3.8, 4) is 0 Å². The molecule has 1 aromatic rings. The number of rotatable bonds is 8. The molecule has 0 N–H and O–H groups in total. The van der Waals surface area contributed by atoms with E-state index in [0.29, 0.717) is 13.2 Å². The van der Waals surface area contributed by atoms with Crippen LogP contribution in [0.4, 0.5) is 0 Å². The molecule has 0 spiro atoms. The summed E-state index contributed by atoms with van der Waals surface area (Å²) in [6.07, 6.45) is 4.53. The average Bonchev–Trinajstić information content (AvgIpc) is 2.34. The Kier molecular flexibility index (Phi) is 6.97. The van der Waals surface area contributed by atoms with E-state index in [2.05, 4.69) is 17.1 Å². The van der Waals surface area contributed by atoms with Crippen LogP contribution in [0.1, 0.15) is 24.8 Å². The highest BCUT2D eigenvalue weighted by Gasteiger charge is 1.92. The van der Waals surface area contributed by atoms with E-state index in [1.165, 1.54) is 11.6 Å². The number of carbonyl (C=O) groups excluding carboxylic acids is 1. The minimum atomic E-state index is 0.586. The molecule has 0 fully saturated rings. The Morgan fingerprint density at radius 3 is 2.69 bits per heavy atom. The Hall–Kier alpha value is -1.44. The average molecular weight is 219 g/mol. The largest absolute Gasteiger partial charge is 0.377 e. The highest BCUT2D eigenvalue weighted by molar-refractivity contribution is 5.32. The van der Waals surface area contributed by atoms with Crippen LogP contribution < -0.4 is 0 Å². The van der Waals surface area contributed by atoms with Gasteiger partial charge in [0.2, 0.25) is 6.08 Å². The van der Waals surface area contributed by atoms with Crippen LogP contribution in [0, 0.1) is 0 Å². The van der Waals surface area contributed by atoms with Crippen molar-refractivity contribution in [1.82, 2.24) is 0 Å². The standard InChI is InChI=1S/C13H17NO2/c15-12-14-9-5-2-6-10-16-11-13-7-3-1-4-8-13/h1,3-4,7-8H,2,5-6,9-11H2. The second-order valence-electron chi connectivity index (χ2n) is 3.57. The van der Waals surface area contributed by atoms with E-state index in [4.69, 9.17) is 4.74 Å². The van der Waals surface area contributed by atoms with Gasteiger partial charge in [-0.3, -0.25) is 0 Å². The summed E-state index contributed by atoms with van der Waals surface area (Å²) in [5.41, 5.74) is 1.20. The Bertz CT molecular complexity index is 318. The highest BCUT2D eigenvalue weighted by atomic mass is 16.5. The van der Waals surface area contributed by atoms with E-state index in [0.717, 1.165) is 25.9 Å². The van der Waals surface area contributed by atoms with Crippen LogP contribution in [-0.4, -0.2) is 19.2 Å². The summed E-state index contributed by atoms with van der Waals surface area (Å²) in [6, 6.07) is 10.1. The molecular weight excluding hydrogens is 202 g/mol. The number of aliphatic imine (C=N–C) groups is 1. The normalized spacial score (nSPS) is 9.75. The third-order valence-electron chi connectivity index (χ3n) is 2.23. The summed E-state index contributed by atoms with van der Waals surface area (Å²) in [5, 5.41) is 0. The summed E-state index contributed by atoms with van der Waals surface area (Å²) in [7, 11) is 0. The Morgan fingerprint density at radius 2 is 1.94 bits per heavy atom. The lowest BCUT2D eigenvalue weighted by molar-refractivity contribution is 0.117. The van der Waals surface area contributed by atoms with Gasteiger partial charge < -0.3 is 4.74 Å². The van der Waals surface area contributed by atoms with Gasteiger partial charge in [0.15, 0.2) is 0 Å². The molecule has 3 heteroatoms. The Balaban J connectivity index is 1.94. The lowest BCUT2D eigenvalue weighted by atomic mass is 10.2. The predicted molar refractivity (Wildman–Crippen MR) is 62.9 cm³/mol. The first kappa shape index (κ1) is 12.6. The lowest BCUT2D eigenvalue weighted by Gasteiger charge is -2.03. The van der Waals surface area contributed by atoms with Crippen LogP contribution >= 0.6 is 0 Å². The zero-order valence-electron chi connectivity index (χ0n) is 9.39. The van der Waals surface area contributed by atoms with E-state index in [1.807, 2.05) is 18.2 Å². The molecular formula is C13H17NO2. The molecule has 0 aliphatic carbocycles. The number of benzene rings is 1. The molecule has 0 bridgehead atoms. The van der Waals surface area contributed by atoms with Crippen LogP contribution in [-0.2, 0) is 16.1 Å². The maximum atomic E-state index is 9.78. The van der Waals surface area contributed by atoms with Crippen molar-refractivity contribution in [1.29, 1.82) is 0 Å². The van der Waals surface area contributed by atoms with Crippen LogP contribution in [0.3, 0.4) is 0 Å². The first-order chi connectivity index (χ1) is 7.93. The molecule has 0 saturated carbocycles. The minimum absolute atomic E-state index is 0.586. The fourth-order valence-electron chi connectivity index (χ4n) is 1.38. The SMILES string of the molecule is O=C=NCCCCCOCc1ccccc1. The van der Waals surface area contributed by atoms with Crippen molar-refractivity contribution >= 4 is 6.08 Å². The molecule has 0 amide bonds. The van der Waals surface area contributed by atoms with Gasteiger partial charge in [0.25, 0.3) is 0 Å². The van der Waals surface area contributed by atoms with Gasteiger partial charge in [0.05, 0.1) is 13.2 Å². The molecule has 1 aromatic carbocycles. The molecule has 0 aromatic heterocycles. The van der Waals surface area contributed by atoms with Gasteiger partial charge in [-0.25, -0.2) is 9.79 Å². The van der Waals surface area contributed by atoms with Crippen molar-refractivity contribution in [3.05, 3.63) is 35.9 Å². The van der Waals surface area contributed by atoms with Crippen molar-refractivity contribution in [2.45, 2.75) is 25.9 Å². The van der Waals surface area contributed by atoms with Gasteiger partial charge in [-0.05, 0) is 24.8 Å². The number of nitrogens with zero attached hydrogens (tertiary/aromatic N) is 1. The van der Waals surface area contributed by atoms with Crippen LogP contribution in [0.25, 0.3) is 0 Å². The van der Waals surface area contributed by atoms with Gasteiger partial charge in [-0.1, -0.05) is 30.3 Å². The van der Waals surface area contributed by atoms with Crippen LogP contribution in [0.15, 0.2) is 35.3 Å². The zero-order chi connectivity index (χ0) is 11.5. The molecule has 0 atom stereocenters. The van der Waals surface area contributed by atoms with E-state index in [-0.39, 0.29) is 0 Å². The predicted octanol–water partition coefficient (Wildman–Crippen LogP) is 2.71. The molecule has 0 heterocycles. The van der Waals surface area contributed by atoms with E-state index >= 15 is 0 Å². The van der Waals surface area contributed by atoms with Crippen LogP contribution in [0.2, 0.25) is 0 Å². The Morgan fingerprint density at radius 1 is 1.12 bits per heavy atom. The summed E-state index contributed by atoms with van der Waals surface area (Å²) in [6.45, 7) is 2.02. The summed E-state index contributed by atoms with van der Waals surface area (Å²) >= 11 is 0. The monoisotopic (exact) mass is 219 g/mol. The number of ether oxygens (including phenoxy) is 1. The van der Waals surface area contributed by atoms with Gasteiger partial charge in [-0.2, -0.15) is 0 Å². The lowest BCUT2D eigenvalue weighted by Crippen LogP contribution is -1.95. The summed E-state index contributed by atoms with van der Waals surface area (Å²) in [4.78, 5) is 13.3. The van der Waals surface area contributed by atoms with Crippen molar-refractivity contribution in [3.63, 3.8) is 0 Å². The molecule has 0 aliphatic rings. The summed E-state index contributed by atoms with van der Waals surface area (Å²) < 4.78 is 5.52. The number of unbranched alkanes of at least 4 members (excludes halogenated alkanes) is 2. The van der Waals surface area contributed by atoms with Crippen molar-refractivity contribution < 1.29 is 9.53 Å². The minimum Gasteiger partial charge on any atom is -0.377 e. The third kappa shape index (κ3) is 6.12.